The van der Waals surface area contributed by atoms with E-state index in [1.54, 1.807) is 18.2 Å². The minimum absolute atomic E-state index is 0.280. The highest BCUT2D eigenvalue weighted by Crippen LogP contribution is 2.29. The van der Waals surface area contributed by atoms with Crippen molar-refractivity contribution in [3.63, 3.8) is 0 Å². The van der Waals surface area contributed by atoms with Crippen LogP contribution in [0.4, 0.5) is 4.39 Å². The van der Waals surface area contributed by atoms with Crippen LogP contribution in [0, 0.1) is 5.82 Å². The lowest BCUT2D eigenvalue weighted by atomic mass is 9.85. The first-order valence-electron chi connectivity index (χ1n) is 5.32. The van der Waals surface area contributed by atoms with Gasteiger partial charge in [0.05, 0.1) is 5.54 Å². The molecule has 0 radical (unpaired) electrons. The predicted octanol–water partition coefficient (Wildman–Crippen LogP) is 3.81. The molecule has 0 aromatic heterocycles. The van der Waals surface area contributed by atoms with E-state index >= 15 is 0 Å². The second kappa shape index (κ2) is 4.59. The van der Waals surface area contributed by atoms with E-state index in [0.29, 0.717) is 5.56 Å². The first-order chi connectivity index (χ1) is 8.01. The van der Waals surface area contributed by atoms with Crippen molar-refractivity contribution in [2.75, 3.05) is 0 Å². The standard InChI is InChI=1S/C14H13BrFN/c1-14(17,10-5-4-6-11(15)9-10)12-7-2-3-8-13(12)16/h2-9H,17H2,1H3. The molecule has 0 aliphatic heterocycles. The molecule has 1 atom stereocenters. The lowest BCUT2D eigenvalue weighted by Crippen LogP contribution is -2.35. The van der Waals surface area contributed by atoms with Crippen LogP contribution in [-0.2, 0) is 5.54 Å². The Labute approximate surface area is 109 Å². The van der Waals surface area contributed by atoms with Gasteiger partial charge in [0.25, 0.3) is 0 Å². The Bertz CT molecular complexity index is 537. The monoisotopic (exact) mass is 293 g/mol. The van der Waals surface area contributed by atoms with Crippen molar-refractivity contribution in [2.24, 2.45) is 5.73 Å². The summed E-state index contributed by atoms with van der Waals surface area (Å²) in [5.74, 6) is -0.280. The van der Waals surface area contributed by atoms with E-state index in [9.17, 15) is 4.39 Å². The number of hydrogen-bond donors (Lipinski definition) is 1. The van der Waals surface area contributed by atoms with Crippen molar-refractivity contribution in [1.29, 1.82) is 0 Å². The highest BCUT2D eigenvalue weighted by Gasteiger charge is 2.26. The average Bonchev–Trinajstić information content (AvgIpc) is 2.29. The van der Waals surface area contributed by atoms with Crippen LogP contribution in [0.5, 0.6) is 0 Å². The molecule has 0 saturated heterocycles. The van der Waals surface area contributed by atoms with Crippen LogP contribution in [-0.4, -0.2) is 0 Å². The number of rotatable bonds is 2. The van der Waals surface area contributed by atoms with Crippen LogP contribution in [0.25, 0.3) is 0 Å². The highest BCUT2D eigenvalue weighted by molar-refractivity contribution is 9.10. The third-order valence-electron chi connectivity index (χ3n) is 2.86. The molecule has 0 amide bonds. The summed E-state index contributed by atoms with van der Waals surface area (Å²) >= 11 is 3.40. The largest absolute Gasteiger partial charge is 0.318 e. The summed E-state index contributed by atoms with van der Waals surface area (Å²) in [6, 6.07) is 14.2. The zero-order valence-corrected chi connectivity index (χ0v) is 11.0. The van der Waals surface area contributed by atoms with Crippen LogP contribution >= 0.6 is 15.9 Å². The van der Waals surface area contributed by atoms with Gasteiger partial charge in [0.2, 0.25) is 0 Å². The second-order valence-corrected chi connectivity index (χ2v) is 5.11. The molecule has 0 heterocycles. The number of hydrogen-bond acceptors (Lipinski definition) is 1. The van der Waals surface area contributed by atoms with Gasteiger partial charge in [-0.05, 0) is 30.7 Å². The summed E-state index contributed by atoms with van der Waals surface area (Å²) in [6.45, 7) is 1.81. The summed E-state index contributed by atoms with van der Waals surface area (Å²) in [5, 5.41) is 0. The highest BCUT2D eigenvalue weighted by atomic mass is 79.9. The molecule has 3 heteroatoms. The van der Waals surface area contributed by atoms with Crippen molar-refractivity contribution < 1.29 is 4.39 Å². The first kappa shape index (κ1) is 12.3. The van der Waals surface area contributed by atoms with E-state index in [1.807, 2.05) is 31.2 Å². The molecule has 2 aromatic rings. The molecule has 0 aliphatic rings. The summed E-state index contributed by atoms with van der Waals surface area (Å²) in [6.07, 6.45) is 0. The maximum absolute atomic E-state index is 13.8. The third kappa shape index (κ3) is 2.40. The fourth-order valence-corrected chi connectivity index (χ4v) is 2.25. The molecule has 0 bridgehead atoms. The number of benzene rings is 2. The Morgan fingerprint density at radius 2 is 1.82 bits per heavy atom. The number of nitrogens with two attached hydrogens (primary N) is 1. The van der Waals surface area contributed by atoms with Gasteiger partial charge in [0.1, 0.15) is 5.82 Å². The zero-order chi connectivity index (χ0) is 12.5. The predicted molar refractivity (Wildman–Crippen MR) is 71.2 cm³/mol. The molecular weight excluding hydrogens is 281 g/mol. The number of halogens is 2. The SMILES string of the molecule is CC(N)(c1cccc(Br)c1)c1ccccc1F. The molecule has 2 rings (SSSR count). The maximum atomic E-state index is 13.8. The van der Waals surface area contributed by atoms with Gasteiger partial charge in [-0.25, -0.2) is 4.39 Å². The van der Waals surface area contributed by atoms with Gasteiger partial charge in [0, 0.05) is 10.0 Å². The van der Waals surface area contributed by atoms with Crippen molar-refractivity contribution >= 4 is 15.9 Å². The van der Waals surface area contributed by atoms with Crippen LogP contribution in [0.1, 0.15) is 18.1 Å². The first-order valence-corrected chi connectivity index (χ1v) is 6.11. The summed E-state index contributed by atoms with van der Waals surface area (Å²) in [4.78, 5) is 0. The summed E-state index contributed by atoms with van der Waals surface area (Å²) in [5.41, 5.74) is 6.80. The molecule has 17 heavy (non-hydrogen) atoms. The Kier molecular flexibility index (Phi) is 3.31. The molecule has 0 aliphatic carbocycles. The Morgan fingerprint density at radius 3 is 2.47 bits per heavy atom. The molecule has 88 valence electrons. The van der Waals surface area contributed by atoms with Gasteiger partial charge in [-0.1, -0.05) is 46.3 Å². The molecular formula is C14H13BrFN. The van der Waals surface area contributed by atoms with Crippen molar-refractivity contribution in [1.82, 2.24) is 0 Å². The maximum Gasteiger partial charge on any atom is 0.128 e. The van der Waals surface area contributed by atoms with Crippen LogP contribution in [0.15, 0.2) is 53.0 Å². The molecule has 2 N–H and O–H groups in total. The van der Waals surface area contributed by atoms with Crippen molar-refractivity contribution in [3.8, 4) is 0 Å². The lowest BCUT2D eigenvalue weighted by Gasteiger charge is -2.26. The summed E-state index contributed by atoms with van der Waals surface area (Å²) in [7, 11) is 0. The van der Waals surface area contributed by atoms with E-state index in [0.717, 1.165) is 10.0 Å². The smallest absolute Gasteiger partial charge is 0.128 e. The second-order valence-electron chi connectivity index (χ2n) is 4.19. The van der Waals surface area contributed by atoms with Gasteiger partial charge in [0.15, 0.2) is 0 Å². The molecule has 0 fully saturated rings. The minimum Gasteiger partial charge on any atom is -0.318 e. The van der Waals surface area contributed by atoms with E-state index in [4.69, 9.17) is 5.73 Å². The fraction of sp³-hybridized carbons (Fsp3) is 0.143. The molecule has 1 nitrogen and oxygen atoms in total. The zero-order valence-electron chi connectivity index (χ0n) is 9.45. The molecule has 0 saturated carbocycles. The minimum atomic E-state index is -0.838. The fourth-order valence-electron chi connectivity index (χ4n) is 1.85. The van der Waals surface area contributed by atoms with E-state index < -0.39 is 5.54 Å². The van der Waals surface area contributed by atoms with Gasteiger partial charge in [-0.3, -0.25) is 0 Å². The van der Waals surface area contributed by atoms with Gasteiger partial charge < -0.3 is 5.73 Å². The molecule has 1 unspecified atom stereocenters. The lowest BCUT2D eigenvalue weighted by molar-refractivity contribution is 0.530. The van der Waals surface area contributed by atoms with E-state index in [-0.39, 0.29) is 5.82 Å². The van der Waals surface area contributed by atoms with Crippen LogP contribution < -0.4 is 5.73 Å². The van der Waals surface area contributed by atoms with E-state index in [2.05, 4.69) is 15.9 Å². The van der Waals surface area contributed by atoms with Crippen LogP contribution in [0.3, 0.4) is 0 Å². The topological polar surface area (TPSA) is 26.0 Å². The van der Waals surface area contributed by atoms with E-state index in [1.165, 1.54) is 6.07 Å². The van der Waals surface area contributed by atoms with Gasteiger partial charge >= 0.3 is 0 Å². The van der Waals surface area contributed by atoms with Crippen molar-refractivity contribution in [3.05, 3.63) is 69.9 Å². The van der Waals surface area contributed by atoms with Gasteiger partial charge in [-0.15, -0.1) is 0 Å². The molecule has 0 spiro atoms. The Balaban J connectivity index is 2.53. The Hall–Kier alpha value is -1.19. The third-order valence-corrected chi connectivity index (χ3v) is 3.35. The quantitative estimate of drug-likeness (QED) is 0.895. The van der Waals surface area contributed by atoms with Crippen molar-refractivity contribution in [2.45, 2.75) is 12.5 Å². The average molecular weight is 294 g/mol. The summed E-state index contributed by atoms with van der Waals surface area (Å²) < 4.78 is 14.7. The van der Waals surface area contributed by atoms with Gasteiger partial charge in [-0.2, -0.15) is 0 Å². The Morgan fingerprint density at radius 1 is 1.12 bits per heavy atom. The van der Waals surface area contributed by atoms with Crippen LogP contribution in [0.2, 0.25) is 0 Å². The molecule has 2 aromatic carbocycles. The normalized spacial score (nSPS) is 14.4.